The Kier molecular flexibility index (Phi) is 3.90. The van der Waals surface area contributed by atoms with Gasteiger partial charge in [0.25, 0.3) is 0 Å². The van der Waals surface area contributed by atoms with E-state index in [1.807, 2.05) is 17.7 Å². The fraction of sp³-hybridized carbons (Fsp3) is 0.538. The Balaban J connectivity index is 2.43. The largest absolute Gasteiger partial charge is 0.481 e. The van der Waals surface area contributed by atoms with E-state index in [1.165, 1.54) is 0 Å². The Morgan fingerprint density at radius 3 is 2.84 bits per heavy atom. The third kappa shape index (κ3) is 2.35. The summed E-state index contributed by atoms with van der Waals surface area (Å²) in [7, 11) is 3.38. The van der Waals surface area contributed by atoms with E-state index in [0.29, 0.717) is 11.4 Å². The lowest BCUT2D eigenvalue weighted by Gasteiger charge is -2.14. The van der Waals surface area contributed by atoms with Gasteiger partial charge < -0.3 is 9.84 Å². The van der Waals surface area contributed by atoms with Gasteiger partial charge in [0.05, 0.1) is 24.1 Å². The van der Waals surface area contributed by atoms with Crippen LogP contribution in [0.3, 0.4) is 0 Å². The quantitative estimate of drug-likeness (QED) is 0.887. The normalized spacial score (nSPS) is 12.7. The van der Waals surface area contributed by atoms with E-state index >= 15 is 0 Å². The van der Waals surface area contributed by atoms with Crippen molar-refractivity contribution in [2.75, 3.05) is 7.11 Å². The Labute approximate surface area is 112 Å². The number of methoxy groups -OCH3 is 1. The molecule has 2 aromatic rings. The highest BCUT2D eigenvalue weighted by molar-refractivity contribution is 5.37. The lowest BCUT2D eigenvalue weighted by Crippen LogP contribution is -2.11. The van der Waals surface area contributed by atoms with Crippen LogP contribution in [0.2, 0.25) is 0 Å². The minimum Gasteiger partial charge on any atom is -0.481 e. The summed E-state index contributed by atoms with van der Waals surface area (Å²) in [6.07, 6.45) is 1.88. The summed E-state index contributed by atoms with van der Waals surface area (Å²) < 4.78 is 8.78. The van der Waals surface area contributed by atoms with Gasteiger partial charge in [-0.05, 0) is 19.4 Å². The first-order chi connectivity index (χ1) is 9.10. The molecular weight excluding hydrogens is 244 g/mol. The number of aromatic nitrogens is 4. The van der Waals surface area contributed by atoms with Crippen molar-refractivity contribution in [1.82, 2.24) is 19.6 Å². The van der Waals surface area contributed by atoms with E-state index in [0.717, 1.165) is 24.4 Å². The molecule has 0 amide bonds. The van der Waals surface area contributed by atoms with Gasteiger partial charge in [0, 0.05) is 19.8 Å². The van der Waals surface area contributed by atoms with Crippen LogP contribution in [0.15, 0.2) is 12.3 Å². The van der Waals surface area contributed by atoms with Crippen molar-refractivity contribution in [3.05, 3.63) is 29.2 Å². The minimum atomic E-state index is -0.780. The smallest absolute Gasteiger partial charge is 0.217 e. The molecule has 104 valence electrons. The molecule has 6 heteroatoms. The van der Waals surface area contributed by atoms with E-state index in [4.69, 9.17) is 4.74 Å². The molecule has 0 fully saturated rings. The average molecular weight is 264 g/mol. The lowest BCUT2D eigenvalue weighted by molar-refractivity contribution is 0.200. The number of aryl methyl sites for hydroxylation is 3. The summed E-state index contributed by atoms with van der Waals surface area (Å²) in [5, 5.41) is 19.1. The molecular formula is C13H20N4O2. The summed E-state index contributed by atoms with van der Waals surface area (Å²) in [6, 6.07) is 1.83. The highest BCUT2D eigenvalue weighted by Gasteiger charge is 2.25. The average Bonchev–Trinajstić information content (AvgIpc) is 2.93. The van der Waals surface area contributed by atoms with Crippen LogP contribution in [0, 0.1) is 6.92 Å². The van der Waals surface area contributed by atoms with Crippen LogP contribution in [0.25, 0.3) is 0 Å². The Bertz CT molecular complexity index is 559. The topological polar surface area (TPSA) is 65.1 Å². The van der Waals surface area contributed by atoms with Crippen LogP contribution < -0.4 is 4.74 Å². The second kappa shape index (κ2) is 5.44. The molecule has 0 saturated heterocycles. The molecule has 0 aromatic carbocycles. The zero-order valence-electron chi connectivity index (χ0n) is 11.8. The van der Waals surface area contributed by atoms with Gasteiger partial charge in [-0.2, -0.15) is 10.2 Å². The molecule has 1 unspecified atom stereocenters. The molecule has 0 aliphatic rings. The molecule has 2 aromatic heterocycles. The van der Waals surface area contributed by atoms with Crippen molar-refractivity contribution in [3.63, 3.8) is 0 Å². The highest BCUT2D eigenvalue weighted by atomic mass is 16.5. The molecule has 1 N–H and O–H groups in total. The SMILES string of the molecule is CCCn1nccc1C(O)c1c(C)nn(C)c1OC. The third-order valence-electron chi connectivity index (χ3n) is 3.15. The maximum absolute atomic E-state index is 10.6. The van der Waals surface area contributed by atoms with Crippen LogP contribution in [0.5, 0.6) is 5.88 Å². The number of nitrogens with zero attached hydrogens (tertiary/aromatic N) is 4. The Morgan fingerprint density at radius 1 is 1.47 bits per heavy atom. The number of hydrogen-bond donors (Lipinski definition) is 1. The summed E-state index contributed by atoms with van der Waals surface area (Å²) in [4.78, 5) is 0. The fourth-order valence-electron chi connectivity index (χ4n) is 2.33. The predicted octanol–water partition coefficient (Wildman–Crippen LogP) is 1.43. The first-order valence-corrected chi connectivity index (χ1v) is 6.37. The highest BCUT2D eigenvalue weighted by Crippen LogP contribution is 2.32. The van der Waals surface area contributed by atoms with E-state index in [2.05, 4.69) is 17.1 Å². The molecule has 2 rings (SSSR count). The first kappa shape index (κ1) is 13.6. The van der Waals surface area contributed by atoms with Crippen LogP contribution in [0.1, 0.15) is 36.4 Å². The second-order valence-corrected chi connectivity index (χ2v) is 4.51. The standard InChI is InChI=1S/C13H20N4O2/c1-5-8-17-10(6-7-14-17)12(18)11-9(2)15-16(3)13(11)19-4/h6-7,12,18H,5,8H2,1-4H3. The van der Waals surface area contributed by atoms with E-state index in [9.17, 15) is 5.11 Å². The summed E-state index contributed by atoms with van der Waals surface area (Å²) in [5.41, 5.74) is 2.22. The molecule has 2 heterocycles. The molecule has 0 spiro atoms. The molecule has 0 bridgehead atoms. The molecule has 0 saturated carbocycles. The number of ether oxygens (including phenoxy) is 1. The molecule has 0 aliphatic carbocycles. The number of aliphatic hydroxyl groups excluding tert-OH is 1. The van der Waals surface area contributed by atoms with E-state index in [1.54, 1.807) is 25.0 Å². The van der Waals surface area contributed by atoms with Crippen molar-refractivity contribution in [1.29, 1.82) is 0 Å². The van der Waals surface area contributed by atoms with E-state index in [-0.39, 0.29) is 0 Å². The van der Waals surface area contributed by atoms with Gasteiger partial charge in [-0.25, -0.2) is 4.68 Å². The van der Waals surface area contributed by atoms with Gasteiger partial charge in [0.2, 0.25) is 5.88 Å². The van der Waals surface area contributed by atoms with Gasteiger partial charge in [-0.1, -0.05) is 6.92 Å². The van der Waals surface area contributed by atoms with Gasteiger partial charge in [-0.3, -0.25) is 4.68 Å². The second-order valence-electron chi connectivity index (χ2n) is 4.51. The van der Waals surface area contributed by atoms with Gasteiger partial charge in [0.1, 0.15) is 6.10 Å². The van der Waals surface area contributed by atoms with Crippen molar-refractivity contribution >= 4 is 0 Å². The van der Waals surface area contributed by atoms with Gasteiger partial charge in [-0.15, -0.1) is 0 Å². The maximum atomic E-state index is 10.6. The maximum Gasteiger partial charge on any atom is 0.217 e. The summed E-state index contributed by atoms with van der Waals surface area (Å²) in [5.74, 6) is 0.578. The first-order valence-electron chi connectivity index (χ1n) is 6.37. The fourth-order valence-corrected chi connectivity index (χ4v) is 2.33. The van der Waals surface area contributed by atoms with Gasteiger partial charge >= 0.3 is 0 Å². The monoisotopic (exact) mass is 264 g/mol. The molecule has 19 heavy (non-hydrogen) atoms. The molecule has 6 nitrogen and oxygen atoms in total. The van der Waals surface area contributed by atoms with Crippen LogP contribution in [-0.4, -0.2) is 31.8 Å². The summed E-state index contributed by atoms with van der Waals surface area (Å²) in [6.45, 7) is 4.72. The van der Waals surface area contributed by atoms with Gasteiger partial charge in [0.15, 0.2) is 0 Å². The number of aliphatic hydroxyl groups is 1. The Morgan fingerprint density at radius 2 is 2.21 bits per heavy atom. The number of rotatable bonds is 5. The van der Waals surface area contributed by atoms with E-state index < -0.39 is 6.10 Å². The summed E-state index contributed by atoms with van der Waals surface area (Å²) >= 11 is 0. The predicted molar refractivity (Wildman–Crippen MR) is 71.1 cm³/mol. The zero-order chi connectivity index (χ0) is 14.0. The van der Waals surface area contributed by atoms with Crippen LogP contribution in [-0.2, 0) is 13.6 Å². The molecule has 1 atom stereocenters. The van der Waals surface area contributed by atoms with Crippen molar-refractivity contribution < 1.29 is 9.84 Å². The zero-order valence-corrected chi connectivity index (χ0v) is 11.8. The van der Waals surface area contributed by atoms with Crippen LogP contribution in [0.4, 0.5) is 0 Å². The Hall–Kier alpha value is -1.82. The minimum absolute atomic E-state index is 0.578. The van der Waals surface area contributed by atoms with Crippen molar-refractivity contribution in [2.24, 2.45) is 7.05 Å². The number of hydrogen-bond acceptors (Lipinski definition) is 4. The van der Waals surface area contributed by atoms with Crippen molar-refractivity contribution in [2.45, 2.75) is 32.9 Å². The van der Waals surface area contributed by atoms with Crippen LogP contribution >= 0.6 is 0 Å². The van der Waals surface area contributed by atoms with Crippen molar-refractivity contribution in [3.8, 4) is 5.88 Å². The third-order valence-corrected chi connectivity index (χ3v) is 3.15. The lowest BCUT2D eigenvalue weighted by atomic mass is 10.1. The molecule has 0 radical (unpaired) electrons. The molecule has 0 aliphatic heterocycles.